The van der Waals surface area contributed by atoms with E-state index in [1.165, 1.54) is 12.8 Å². The third kappa shape index (κ3) is 5.94. The number of hydrogen-bond donors (Lipinski definition) is 2. The maximum atomic E-state index is 11.9. The highest BCUT2D eigenvalue weighted by Crippen LogP contribution is 2.17. The predicted octanol–water partition coefficient (Wildman–Crippen LogP) is 3.25. The number of nitrogens with one attached hydrogen (secondary N) is 2. The maximum Gasteiger partial charge on any atom is 0.319 e. The van der Waals surface area contributed by atoms with E-state index in [1.807, 2.05) is 31.2 Å². The molecule has 0 aromatic heterocycles. The predicted molar refractivity (Wildman–Crippen MR) is 94.0 cm³/mol. The first kappa shape index (κ1) is 17.3. The fourth-order valence-corrected chi connectivity index (χ4v) is 2.71. The monoisotopic (exact) mass is 317 g/mol. The van der Waals surface area contributed by atoms with E-state index in [1.54, 1.807) is 0 Å². The van der Waals surface area contributed by atoms with Gasteiger partial charge < -0.3 is 20.3 Å². The summed E-state index contributed by atoms with van der Waals surface area (Å²) in [6.07, 6.45) is 3.48. The van der Waals surface area contributed by atoms with Crippen molar-refractivity contribution in [1.82, 2.24) is 10.2 Å². The van der Waals surface area contributed by atoms with E-state index >= 15 is 0 Å². The molecule has 1 aliphatic heterocycles. The molecule has 0 radical (unpaired) electrons. The van der Waals surface area contributed by atoms with Crippen LogP contribution in [-0.4, -0.2) is 43.7 Å². The van der Waals surface area contributed by atoms with Gasteiger partial charge >= 0.3 is 6.03 Å². The Morgan fingerprint density at radius 2 is 2.13 bits per heavy atom. The molecule has 1 unspecified atom stereocenters. The fourth-order valence-electron chi connectivity index (χ4n) is 2.71. The van der Waals surface area contributed by atoms with Crippen molar-refractivity contribution in [3.63, 3.8) is 0 Å². The Balaban J connectivity index is 1.69. The van der Waals surface area contributed by atoms with Crippen LogP contribution in [0.4, 0.5) is 10.5 Å². The number of likely N-dealkylation sites (tertiary alicyclic amines) is 1. The average Bonchev–Trinajstić information content (AvgIpc) is 2.92. The first-order chi connectivity index (χ1) is 11.0. The summed E-state index contributed by atoms with van der Waals surface area (Å²) in [4.78, 5) is 14.3. The maximum absolute atomic E-state index is 11.9. The molecule has 1 aromatic carbocycles. The fraction of sp³-hybridized carbons (Fsp3) is 0.500. The number of rotatable bonds is 7. The minimum atomic E-state index is -0.166. The number of ether oxygens (including phenoxy) is 1. The second kappa shape index (κ2) is 8.58. The number of benzene rings is 1. The molecule has 0 aliphatic carbocycles. The first-order valence-corrected chi connectivity index (χ1v) is 8.17. The van der Waals surface area contributed by atoms with Crippen molar-refractivity contribution in [3.8, 4) is 5.75 Å². The molecule has 0 saturated carbocycles. The van der Waals surface area contributed by atoms with Crippen LogP contribution in [0.25, 0.3) is 0 Å². The molecular weight excluding hydrogens is 290 g/mol. The van der Waals surface area contributed by atoms with Crippen molar-refractivity contribution in [2.45, 2.75) is 32.2 Å². The molecule has 0 spiro atoms. The molecule has 2 N–H and O–H groups in total. The molecule has 23 heavy (non-hydrogen) atoms. The molecule has 2 amide bonds. The molecule has 2 rings (SSSR count). The Morgan fingerprint density at radius 3 is 2.74 bits per heavy atom. The Hall–Kier alpha value is -2.01. The van der Waals surface area contributed by atoms with Gasteiger partial charge in [0, 0.05) is 18.3 Å². The summed E-state index contributed by atoms with van der Waals surface area (Å²) in [7, 11) is 2.15. The molecule has 1 atom stereocenters. The van der Waals surface area contributed by atoms with E-state index < -0.39 is 0 Å². The molecule has 1 fully saturated rings. The number of nitrogens with zero attached hydrogens (tertiary/aromatic N) is 1. The molecule has 0 bridgehead atoms. The molecule has 5 heteroatoms. The van der Waals surface area contributed by atoms with E-state index in [2.05, 4.69) is 29.2 Å². The Kier molecular flexibility index (Phi) is 6.47. The van der Waals surface area contributed by atoms with Crippen LogP contribution in [0.1, 0.15) is 26.2 Å². The number of carbonyl (C=O) groups is 1. The molecule has 5 nitrogen and oxygen atoms in total. The van der Waals surface area contributed by atoms with Crippen LogP contribution in [0.2, 0.25) is 0 Å². The van der Waals surface area contributed by atoms with Gasteiger partial charge in [-0.1, -0.05) is 6.58 Å². The Bertz CT molecular complexity index is 528. The minimum absolute atomic E-state index is 0.166. The summed E-state index contributed by atoms with van der Waals surface area (Å²) in [5.74, 6) is 0.767. The Labute approximate surface area is 138 Å². The van der Waals surface area contributed by atoms with Crippen molar-refractivity contribution >= 4 is 11.7 Å². The highest BCUT2D eigenvalue weighted by Gasteiger charge is 2.20. The Morgan fingerprint density at radius 1 is 1.39 bits per heavy atom. The third-order valence-electron chi connectivity index (χ3n) is 4.03. The van der Waals surface area contributed by atoms with Gasteiger partial charge in [0.15, 0.2) is 0 Å². The summed E-state index contributed by atoms with van der Waals surface area (Å²) in [6.45, 7) is 8.08. The summed E-state index contributed by atoms with van der Waals surface area (Å²) < 4.78 is 5.53. The lowest BCUT2D eigenvalue weighted by molar-refractivity contribution is 0.248. The van der Waals surface area contributed by atoms with E-state index in [0.717, 1.165) is 30.0 Å². The zero-order valence-electron chi connectivity index (χ0n) is 14.1. The van der Waals surface area contributed by atoms with E-state index in [-0.39, 0.29) is 6.03 Å². The smallest absolute Gasteiger partial charge is 0.319 e. The van der Waals surface area contributed by atoms with E-state index in [9.17, 15) is 4.79 Å². The highest BCUT2D eigenvalue weighted by molar-refractivity contribution is 5.89. The van der Waals surface area contributed by atoms with Gasteiger partial charge in [-0.15, -0.1) is 0 Å². The van der Waals surface area contributed by atoms with Gasteiger partial charge in [-0.3, -0.25) is 0 Å². The van der Waals surface area contributed by atoms with E-state index in [0.29, 0.717) is 19.2 Å². The quantitative estimate of drug-likeness (QED) is 0.759. The van der Waals surface area contributed by atoms with Crippen molar-refractivity contribution in [2.75, 3.05) is 32.1 Å². The van der Waals surface area contributed by atoms with Crippen molar-refractivity contribution < 1.29 is 9.53 Å². The molecule has 1 aromatic rings. The second-order valence-electron chi connectivity index (χ2n) is 6.22. The minimum Gasteiger partial charge on any atom is -0.489 e. The average molecular weight is 317 g/mol. The van der Waals surface area contributed by atoms with Crippen LogP contribution in [0.15, 0.2) is 36.4 Å². The van der Waals surface area contributed by atoms with E-state index in [4.69, 9.17) is 4.74 Å². The van der Waals surface area contributed by atoms with Crippen molar-refractivity contribution in [1.29, 1.82) is 0 Å². The number of hydrogen-bond acceptors (Lipinski definition) is 3. The summed E-state index contributed by atoms with van der Waals surface area (Å²) in [5.41, 5.74) is 1.72. The summed E-state index contributed by atoms with van der Waals surface area (Å²) >= 11 is 0. The molecule has 1 aliphatic rings. The van der Waals surface area contributed by atoms with Gasteiger partial charge in [-0.2, -0.15) is 0 Å². The van der Waals surface area contributed by atoms with Gasteiger partial charge in [0.2, 0.25) is 0 Å². The third-order valence-corrected chi connectivity index (χ3v) is 4.03. The zero-order valence-corrected chi connectivity index (χ0v) is 14.1. The van der Waals surface area contributed by atoms with Crippen LogP contribution in [0.3, 0.4) is 0 Å². The number of carbonyl (C=O) groups excluding carboxylic acids is 1. The van der Waals surface area contributed by atoms with Crippen molar-refractivity contribution in [2.24, 2.45) is 0 Å². The van der Waals surface area contributed by atoms with Gasteiger partial charge in [-0.25, -0.2) is 4.79 Å². The topological polar surface area (TPSA) is 53.6 Å². The number of amides is 2. The standard InChI is InChI=1S/C18H27N3O2/c1-14(2)13-23-17-8-6-15(7-9-17)20-18(22)19-11-10-16-5-4-12-21(16)3/h6-9,16H,1,4-5,10-13H2,2-3H3,(H2,19,20,22). The molecular formula is C18H27N3O2. The highest BCUT2D eigenvalue weighted by atomic mass is 16.5. The van der Waals surface area contributed by atoms with Gasteiger partial charge in [0.1, 0.15) is 12.4 Å². The van der Waals surface area contributed by atoms with Crippen LogP contribution >= 0.6 is 0 Å². The first-order valence-electron chi connectivity index (χ1n) is 8.17. The van der Waals surface area contributed by atoms with Crippen molar-refractivity contribution in [3.05, 3.63) is 36.4 Å². The second-order valence-corrected chi connectivity index (χ2v) is 6.22. The SMILES string of the molecule is C=C(C)COc1ccc(NC(=O)NCCC2CCCN2C)cc1. The van der Waals surface area contributed by atoms with Crippen LogP contribution in [0, 0.1) is 0 Å². The number of urea groups is 1. The lowest BCUT2D eigenvalue weighted by Crippen LogP contribution is -2.34. The van der Waals surface area contributed by atoms with Gasteiger partial charge in [-0.05, 0) is 69.6 Å². The zero-order chi connectivity index (χ0) is 16.7. The molecule has 1 heterocycles. The number of anilines is 1. The largest absolute Gasteiger partial charge is 0.489 e. The van der Waals surface area contributed by atoms with Crippen LogP contribution in [-0.2, 0) is 0 Å². The lowest BCUT2D eigenvalue weighted by atomic mass is 10.1. The lowest BCUT2D eigenvalue weighted by Gasteiger charge is -2.19. The summed E-state index contributed by atoms with van der Waals surface area (Å²) in [6, 6.07) is 7.77. The molecule has 126 valence electrons. The van der Waals surface area contributed by atoms with Crippen LogP contribution in [0.5, 0.6) is 5.75 Å². The van der Waals surface area contributed by atoms with Crippen LogP contribution < -0.4 is 15.4 Å². The molecule has 1 saturated heterocycles. The summed E-state index contributed by atoms with van der Waals surface area (Å²) in [5, 5.41) is 5.75. The van der Waals surface area contributed by atoms with Gasteiger partial charge in [0.25, 0.3) is 0 Å². The normalized spacial score (nSPS) is 17.7. The van der Waals surface area contributed by atoms with Gasteiger partial charge in [0.05, 0.1) is 0 Å².